The predicted molar refractivity (Wildman–Crippen MR) is 57.8 cm³/mol. The summed E-state index contributed by atoms with van der Waals surface area (Å²) in [5.41, 5.74) is 0. The van der Waals surface area contributed by atoms with Crippen LogP contribution in [-0.4, -0.2) is 24.6 Å². The second-order valence-electron chi connectivity index (χ2n) is 3.88. The first-order valence-electron chi connectivity index (χ1n) is 5.08. The maximum absolute atomic E-state index is 3.27. The van der Waals surface area contributed by atoms with Crippen molar-refractivity contribution in [1.29, 1.82) is 0 Å². The minimum Gasteiger partial charge on any atom is -0.316 e. The van der Waals surface area contributed by atoms with Crippen LogP contribution in [0.15, 0.2) is 0 Å². The zero-order chi connectivity index (χ0) is 8.81. The molecule has 0 aliphatic heterocycles. The van der Waals surface area contributed by atoms with Crippen LogP contribution in [0.5, 0.6) is 0 Å². The van der Waals surface area contributed by atoms with E-state index in [4.69, 9.17) is 0 Å². The summed E-state index contributed by atoms with van der Waals surface area (Å²) in [6.07, 6.45) is 5.93. The van der Waals surface area contributed by atoms with Crippen LogP contribution in [0.1, 0.15) is 32.6 Å². The van der Waals surface area contributed by atoms with Crippen molar-refractivity contribution in [3.8, 4) is 0 Å². The van der Waals surface area contributed by atoms with E-state index in [1.54, 1.807) is 0 Å². The summed E-state index contributed by atoms with van der Waals surface area (Å²) in [7, 11) is 2.04. The highest BCUT2D eigenvalue weighted by atomic mass is 32.2. The van der Waals surface area contributed by atoms with Crippen LogP contribution in [0.2, 0.25) is 0 Å². The van der Waals surface area contributed by atoms with Crippen LogP contribution >= 0.6 is 11.8 Å². The van der Waals surface area contributed by atoms with Gasteiger partial charge in [-0.15, -0.1) is 0 Å². The van der Waals surface area contributed by atoms with Crippen molar-refractivity contribution in [3.63, 3.8) is 0 Å². The molecule has 72 valence electrons. The number of nitrogens with one attached hydrogen (secondary N) is 1. The summed E-state index contributed by atoms with van der Waals surface area (Å²) in [5.74, 6) is 3.71. The van der Waals surface area contributed by atoms with Gasteiger partial charge in [0.25, 0.3) is 0 Å². The minimum absolute atomic E-state index is 0.677. The lowest BCUT2D eigenvalue weighted by atomic mass is 10.1. The zero-order valence-electron chi connectivity index (χ0n) is 8.31. The third-order valence-corrected chi connectivity index (χ3v) is 4.13. The Labute approximate surface area is 80.7 Å². The van der Waals surface area contributed by atoms with E-state index in [1.807, 2.05) is 7.05 Å². The normalized spacial score (nSPS) is 21.5. The van der Waals surface area contributed by atoms with Crippen LogP contribution in [0.3, 0.4) is 0 Å². The van der Waals surface area contributed by atoms with Gasteiger partial charge in [-0.2, -0.15) is 11.8 Å². The van der Waals surface area contributed by atoms with Crippen LogP contribution in [0, 0.1) is 5.92 Å². The largest absolute Gasteiger partial charge is 0.316 e. The van der Waals surface area contributed by atoms with E-state index in [0.717, 1.165) is 5.92 Å². The lowest BCUT2D eigenvalue weighted by Crippen LogP contribution is -2.24. The summed E-state index contributed by atoms with van der Waals surface area (Å²) in [6.45, 7) is 2.25. The van der Waals surface area contributed by atoms with Crippen molar-refractivity contribution < 1.29 is 0 Å². The van der Waals surface area contributed by atoms with E-state index in [0.29, 0.717) is 6.04 Å². The fraction of sp³-hybridized carbons (Fsp3) is 1.00. The average molecular weight is 187 g/mol. The van der Waals surface area contributed by atoms with Gasteiger partial charge in [0.05, 0.1) is 0 Å². The standard InChI is InChI=1S/C10H21NS/c1-9(11-2)7-12-8-10-5-3-4-6-10/h9-11H,3-8H2,1-2H3. The monoisotopic (exact) mass is 187 g/mol. The van der Waals surface area contributed by atoms with Crippen LogP contribution in [0.25, 0.3) is 0 Å². The molecule has 1 saturated carbocycles. The van der Waals surface area contributed by atoms with Crippen molar-refractivity contribution >= 4 is 11.8 Å². The summed E-state index contributed by atoms with van der Waals surface area (Å²) < 4.78 is 0. The lowest BCUT2D eigenvalue weighted by Gasteiger charge is -2.12. The van der Waals surface area contributed by atoms with E-state index in [-0.39, 0.29) is 0 Å². The van der Waals surface area contributed by atoms with Gasteiger partial charge in [-0.1, -0.05) is 12.8 Å². The number of thioether (sulfide) groups is 1. The van der Waals surface area contributed by atoms with Gasteiger partial charge < -0.3 is 5.32 Å². The first-order valence-corrected chi connectivity index (χ1v) is 6.23. The van der Waals surface area contributed by atoms with Gasteiger partial charge in [0.15, 0.2) is 0 Å². The molecular weight excluding hydrogens is 166 g/mol. The molecule has 1 nitrogen and oxygen atoms in total. The Morgan fingerprint density at radius 2 is 2.08 bits per heavy atom. The highest BCUT2D eigenvalue weighted by molar-refractivity contribution is 7.99. The molecule has 1 aliphatic rings. The van der Waals surface area contributed by atoms with Gasteiger partial charge in [-0.3, -0.25) is 0 Å². The Bertz CT molecular complexity index is 110. The van der Waals surface area contributed by atoms with Gasteiger partial charge in [0.1, 0.15) is 0 Å². The molecule has 1 unspecified atom stereocenters. The quantitative estimate of drug-likeness (QED) is 0.710. The first-order chi connectivity index (χ1) is 5.83. The number of hydrogen-bond acceptors (Lipinski definition) is 2. The maximum atomic E-state index is 3.27. The Morgan fingerprint density at radius 1 is 1.42 bits per heavy atom. The second kappa shape index (κ2) is 5.87. The molecule has 0 aromatic rings. The Morgan fingerprint density at radius 3 is 2.67 bits per heavy atom. The third-order valence-electron chi connectivity index (χ3n) is 2.69. The SMILES string of the molecule is CNC(C)CSCC1CCCC1. The highest BCUT2D eigenvalue weighted by Gasteiger charge is 2.14. The molecule has 0 amide bonds. The predicted octanol–water partition coefficient (Wildman–Crippen LogP) is 2.52. The topological polar surface area (TPSA) is 12.0 Å². The fourth-order valence-electron chi connectivity index (χ4n) is 1.67. The maximum Gasteiger partial charge on any atom is 0.0126 e. The molecule has 0 saturated heterocycles. The van der Waals surface area contributed by atoms with Crippen molar-refractivity contribution in [1.82, 2.24) is 5.32 Å². The molecule has 1 aliphatic carbocycles. The first kappa shape index (κ1) is 10.4. The van der Waals surface area contributed by atoms with Gasteiger partial charge >= 0.3 is 0 Å². The molecule has 2 heteroatoms. The van der Waals surface area contributed by atoms with E-state index >= 15 is 0 Å². The summed E-state index contributed by atoms with van der Waals surface area (Å²) in [6, 6.07) is 0.677. The Kier molecular flexibility index (Phi) is 5.08. The molecular formula is C10H21NS. The Hall–Kier alpha value is 0.310. The summed E-state index contributed by atoms with van der Waals surface area (Å²) >= 11 is 2.12. The van der Waals surface area contributed by atoms with Gasteiger partial charge in [0, 0.05) is 11.8 Å². The summed E-state index contributed by atoms with van der Waals surface area (Å²) in [5, 5.41) is 3.27. The average Bonchev–Trinajstić information content (AvgIpc) is 2.57. The van der Waals surface area contributed by atoms with E-state index in [2.05, 4.69) is 24.0 Å². The molecule has 0 aromatic heterocycles. The number of rotatable bonds is 5. The van der Waals surface area contributed by atoms with Crippen molar-refractivity contribution in [2.75, 3.05) is 18.6 Å². The molecule has 0 aromatic carbocycles. The van der Waals surface area contributed by atoms with Crippen molar-refractivity contribution in [2.45, 2.75) is 38.6 Å². The molecule has 0 radical (unpaired) electrons. The molecule has 12 heavy (non-hydrogen) atoms. The van der Waals surface area contributed by atoms with E-state index in [9.17, 15) is 0 Å². The molecule has 0 heterocycles. The molecule has 1 N–H and O–H groups in total. The van der Waals surface area contributed by atoms with Gasteiger partial charge in [0.2, 0.25) is 0 Å². The third kappa shape index (κ3) is 3.81. The molecule has 1 rings (SSSR count). The van der Waals surface area contributed by atoms with Crippen molar-refractivity contribution in [3.05, 3.63) is 0 Å². The Balaban J connectivity index is 1.94. The molecule has 0 spiro atoms. The van der Waals surface area contributed by atoms with Crippen LogP contribution < -0.4 is 5.32 Å². The van der Waals surface area contributed by atoms with E-state index in [1.165, 1.54) is 37.2 Å². The zero-order valence-corrected chi connectivity index (χ0v) is 9.12. The lowest BCUT2D eigenvalue weighted by molar-refractivity contribution is 0.620. The van der Waals surface area contributed by atoms with Crippen molar-refractivity contribution in [2.24, 2.45) is 5.92 Å². The molecule has 1 atom stereocenters. The van der Waals surface area contributed by atoms with E-state index < -0.39 is 0 Å². The smallest absolute Gasteiger partial charge is 0.0126 e. The second-order valence-corrected chi connectivity index (χ2v) is 4.95. The minimum atomic E-state index is 0.677. The summed E-state index contributed by atoms with van der Waals surface area (Å²) in [4.78, 5) is 0. The number of hydrogen-bond donors (Lipinski definition) is 1. The van der Waals surface area contributed by atoms with Gasteiger partial charge in [-0.05, 0) is 38.5 Å². The van der Waals surface area contributed by atoms with Crippen LogP contribution in [-0.2, 0) is 0 Å². The molecule has 0 bridgehead atoms. The molecule has 1 fully saturated rings. The fourth-order valence-corrected chi connectivity index (χ4v) is 2.99. The van der Waals surface area contributed by atoms with Crippen LogP contribution in [0.4, 0.5) is 0 Å². The van der Waals surface area contributed by atoms with Gasteiger partial charge in [-0.25, -0.2) is 0 Å². The highest BCUT2D eigenvalue weighted by Crippen LogP contribution is 2.27.